The molecule has 66 valence electrons. The first kappa shape index (κ1) is 9.28. The fourth-order valence-corrected chi connectivity index (χ4v) is 1.13. The molecule has 1 heterocycles. The molecule has 2 N–H and O–H groups in total. The Morgan fingerprint density at radius 1 is 1.83 bits per heavy atom. The number of amides is 1. The van der Waals surface area contributed by atoms with E-state index in [1.807, 2.05) is 0 Å². The van der Waals surface area contributed by atoms with Crippen molar-refractivity contribution in [3.63, 3.8) is 0 Å². The molecular formula is C7H9BrN2O2. The van der Waals surface area contributed by atoms with E-state index in [9.17, 15) is 4.79 Å². The molecule has 0 aliphatic heterocycles. The Kier molecular flexibility index (Phi) is 3.31. The number of aromatic amines is 1. The topological polar surface area (TPSA) is 54.1 Å². The normalized spacial score (nSPS) is 9.83. The lowest BCUT2D eigenvalue weighted by molar-refractivity contribution is -0.119. The highest BCUT2D eigenvalue weighted by atomic mass is 79.9. The van der Waals surface area contributed by atoms with Crippen molar-refractivity contribution in [1.29, 1.82) is 0 Å². The predicted molar refractivity (Wildman–Crippen MR) is 49.0 cm³/mol. The first-order valence-electron chi connectivity index (χ1n) is 3.35. The Bertz CT molecular complexity index is 272. The molecule has 0 saturated heterocycles. The van der Waals surface area contributed by atoms with E-state index in [0.717, 1.165) is 10.3 Å². The van der Waals surface area contributed by atoms with E-state index in [2.05, 4.69) is 31.0 Å². The molecule has 4 nitrogen and oxygen atoms in total. The highest BCUT2D eigenvalue weighted by Gasteiger charge is 2.01. The first-order valence-corrected chi connectivity index (χ1v) is 4.14. The number of anilines is 1. The monoisotopic (exact) mass is 232 g/mol. The zero-order chi connectivity index (χ0) is 8.97. The van der Waals surface area contributed by atoms with Gasteiger partial charge in [-0.05, 0) is 22.0 Å². The molecule has 0 unspecified atom stereocenters. The van der Waals surface area contributed by atoms with Crippen molar-refractivity contribution in [3.05, 3.63) is 16.9 Å². The summed E-state index contributed by atoms with van der Waals surface area (Å²) >= 11 is 3.22. The van der Waals surface area contributed by atoms with Crippen LogP contribution in [-0.4, -0.2) is 24.6 Å². The van der Waals surface area contributed by atoms with Crippen LogP contribution in [0.25, 0.3) is 0 Å². The molecule has 0 aliphatic rings. The van der Waals surface area contributed by atoms with Crippen LogP contribution in [0.4, 0.5) is 5.69 Å². The Balaban J connectivity index is 2.46. The van der Waals surface area contributed by atoms with Crippen LogP contribution in [0, 0.1) is 0 Å². The molecule has 0 spiro atoms. The lowest BCUT2D eigenvalue weighted by Crippen LogP contribution is -2.16. The van der Waals surface area contributed by atoms with Gasteiger partial charge in [0.1, 0.15) is 6.61 Å². The first-order chi connectivity index (χ1) is 5.72. The van der Waals surface area contributed by atoms with Crippen molar-refractivity contribution >= 4 is 27.5 Å². The van der Waals surface area contributed by atoms with Crippen LogP contribution in [0.2, 0.25) is 0 Å². The molecule has 1 aromatic heterocycles. The number of methoxy groups -OCH3 is 1. The molecule has 1 amide bonds. The van der Waals surface area contributed by atoms with Gasteiger partial charge >= 0.3 is 0 Å². The highest BCUT2D eigenvalue weighted by molar-refractivity contribution is 9.10. The summed E-state index contributed by atoms with van der Waals surface area (Å²) in [6, 6.07) is 1.77. The van der Waals surface area contributed by atoms with E-state index in [-0.39, 0.29) is 12.5 Å². The van der Waals surface area contributed by atoms with Gasteiger partial charge < -0.3 is 15.0 Å². The van der Waals surface area contributed by atoms with Crippen LogP contribution in [-0.2, 0) is 9.53 Å². The second-order valence-corrected chi connectivity index (χ2v) is 3.07. The number of hydrogen-bond donors (Lipinski definition) is 2. The zero-order valence-electron chi connectivity index (χ0n) is 6.56. The summed E-state index contributed by atoms with van der Waals surface area (Å²) in [5, 5.41) is 2.64. The van der Waals surface area contributed by atoms with Crippen molar-refractivity contribution in [2.75, 3.05) is 19.0 Å². The van der Waals surface area contributed by atoms with Gasteiger partial charge in [-0.25, -0.2) is 0 Å². The van der Waals surface area contributed by atoms with Crippen LogP contribution in [0.1, 0.15) is 0 Å². The van der Waals surface area contributed by atoms with Crippen LogP contribution in [0.15, 0.2) is 16.9 Å². The van der Waals surface area contributed by atoms with Gasteiger partial charge in [-0.15, -0.1) is 0 Å². The van der Waals surface area contributed by atoms with Gasteiger partial charge in [0, 0.05) is 13.3 Å². The summed E-state index contributed by atoms with van der Waals surface area (Å²) in [6.07, 6.45) is 1.69. The second kappa shape index (κ2) is 4.27. The summed E-state index contributed by atoms with van der Waals surface area (Å²) in [5.74, 6) is -0.163. The molecule has 0 radical (unpaired) electrons. The lowest BCUT2D eigenvalue weighted by Gasteiger charge is -1.99. The van der Waals surface area contributed by atoms with Gasteiger partial charge in [-0.1, -0.05) is 0 Å². The van der Waals surface area contributed by atoms with Gasteiger partial charge in [0.05, 0.1) is 10.3 Å². The van der Waals surface area contributed by atoms with Gasteiger partial charge in [0.25, 0.3) is 0 Å². The van der Waals surface area contributed by atoms with Gasteiger partial charge in [-0.2, -0.15) is 0 Å². The highest BCUT2D eigenvalue weighted by Crippen LogP contribution is 2.13. The number of rotatable bonds is 3. The summed E-state index contributed by atoms with van der Waals surface area (Å²) in [5.41, 5.74) is 0.726. The van der Waals surface area contributed by atoms with Crippen molar-refractivity contribution in [2.45, 2.75) is 0 Å². The molecule has 5 heteroatoms. The Morgan fingerprint density at radius 2 is 2.58 bits per heavy atom. The minimum atomic E-state index is -0.163. The molecule has 0 aromatic carbocycles. The maximum absolute atomic E-state index is 11.0. The third kappa shape index (κ3) is 2.67. The smallest absolute Gasteiger partial charge is 0.250 e. The Morgan fingerprint density at radius 3 is 3.08 bits per heavy atom. The maximum atomic E-state index is 11.0. The Labute approximate surface area is 78.4 Å². The van der Waals surface area contributed by atoms with E-state index in [1.165, 1.54) is 7.11 Å². The molecule has 0 atom stereocenters. The van der Waals surface area contributed by atoms with E-state index in [0.29, 0.717) is 0 Å². The van der Waals surface area contributed by atoms with Crippen molar-refractivity contribution in [1.82, 2.24) is 4.98 Å². The quantitative estimate of drug-likeness (QED) is 0.828. The summed E-state index contributed by atoms with van der Waals surface area (Å²) < 4.78 is 5.48. The maximum Gasteiger partial charge on any atom is 0.250 e. The number of carbonyl (C=O) groups is 1. The van der Waals surface area contributed by atoms with Crippen molar-refractivity contribution in [2.24, 2.45) is 0 Å². The van der Waals surface area contributed by atoms with E-state index in [4.69, 9.17) is 0 Å². The number of ether oxygens (including phenoxy) is 1. The summed E-state index contributed by atoms with van der Waals surface area (Å²) in [7, 11) is 1.48. The Hall–Kier alpha value is -0.810. The molecule has 0 aliphatic carbocycles. The SMILES string of the molecule is COCC(=O)Nc1c[nH]c(Br)c1. The molecule has 1 rings (SSSR count). The molecule has 12 heavy (non-hydrogen) atoms. The summed E-state index contributed by atoms with van der Waals surface area (Å²) in [6.45, 7) is 0.0722. The molecule has 0 saturated carbocycles. The number of H-pyrrole nitrogens is 1. The van der Waals surface area contributed by atoms with Crippen LogP contribution in [0.3, 0.4) is 0 Å². The predicted octanol–water partition coefficient (Wildman–Crippen LogP) is 1.36. The van der Waals surface area contributed by atoms with Gasteiger partial charge in [-0.3, -0.25) is 4.79 Å². The zero-order valence-corrected chi connectivity index (χ0v) is 8.14. The molecular weight excluding hydrogens is 224 g/mol. The van der Waals surface area contributed by atoms with E-state index in [1.54, 1.807) is 12.3 Å². The third-order valence-electron chi connectivity index (χ3n) is 1.21. The number of hydrogen-bond acceptors (Lipinski definition) is 2. The molecule has 0 bridgehead atoms. The van der Waals surface area contributed by atoms with Crippen molar-refractivity contribution < 1.29 is 9.53 Å². The average molecular weight is 233 g/mol. The molecule has 1 aromatic rings. The van der Waals surface area contributed by atoms with Gasteiger partial charge in [0.15, 0.2) is 0 Å². The van der Waals surface area contributed by atoms with Gasteiger partial charge in [0.2, 0.25) is 5.91 Å². The fourth-order valence-electron chi connectivity index (χ4n) is 0.767. The lowest BCUT2D eigenvalue weighted by atomic mass is 10.5. The van der Waals surface area contributed by atoms with E-state index >= 15 is 0 Å². The minimum absolute atomic E-state index is 0.0722. The summed E-state index contributed by atoms with van der Waals surface area (Å²) in [4.78, 5) is 13.8. The minimum Gasteiger partial charge on any atom is -0.375 e. The van der Waals surface area contributed by atoms with Crippen LogP contribution < -0.4 is 5.32 Å². The number of aromatic nitrogens is 1. The fraction of sp³-hybridized carbons (Fsp3) is 0.286. The van der Waals surface area contributed by atoms with E-state index < -0.39 is 0 Å². The van der Waals surface area contributed by atoms with Crippen LogP contribution in [0.5, 0.6) is 0 Å². The molecule has 0 fully saturated rings. The third-order valence-corrected chi connectivity index (χ3v) is 1.66. The number of carbonyl (C=O) groups excluding carboxylic acids is 1. The second-order valence-electron chi connectivity index (χ2n) is 2.22. The van der Waals surface area contributed by atoms with Crippen LogP contribution >= 0.6 is 15.9 Å². The van der Waals surface area contributed by atoms with Crippen molar-refractivity contribution in [3.8, 4) is 0 Å². The average Bonchev–Trinajstić information content (AvgIpc) is 2.36. The number of halogens is 1. The number of nitrogens with one attached hydrogen (secondary N) is 2. The largest absolute Gasteiger partial charge is 0.375 e. The standard InChI is InChI=1S/C7H9BrN2O2/c1-12-4-7(11)10-5-2-6(8)9-3-5/h2-3,9H,4H2,1H3,(H,10,11).